The highest BCUT2D eigenvalue weighted by Crippen LogP contribution is 2.13. The summed E-state index contributed by atoms with van der Waals surface area (Å²) in [6.45, 7) is 2.65. The van der Waals surface area contributed by atoms with Crippen molar-refractivity contribution in [1.29, 1.82) is 5.26 Å². The Labute approximate surface area is 89.3 Å². The van der Waals surface area contributed by atoms with Crippen LogP contribution in [0.1, 0.15) is 31.9 Å². The van der Waals surface area contributed by atoms with Crippen molar-refractivity contribution in [2.75, 3.05) is 6.61 Å². The fourth-order valence-electron chi connectivity index (χ4n) is 1.23. The average Bonchev–Trinajstić information content (AvgIpc) is 2.24. The fraction of sp³-hybridized carbons (Fsp3) is 0.455. The van der Waals surface area contributed by atoms with Gasteiger partial charge in [-0.2, -0.15) is 9.99 Å². The summed E-state index contributed by atoms with van der Waals surface area (Å²) in [5, 5.41) is 19.9. The van der Waals surface area contributed by atoms with Gasteiger partial charge in [0.15, 0.2) is 12.3 Å². The standard InChI is InChI=1S/C11H14N2O2/c1-2-3-4-8-15-11-6-5-7-13(14)10(11)9-12/h5-7H,2-4,8H2,1H3. The number of unbranched alkanes of at least 4 members (excludes halogenated alkanes) is 2. The lowest BCUT2D eigenvalue weighted by Gasteiger charge is -2.06. The zero-order valence-electron chi connectivity index (χ0n) is 8.77. The SMILES string of the molecule is CCCCCOc1ccc[n+]([O-])c1C#N. The van der Waals surface area contributed by atoms with Gasteiger partial charge < -0.3 is 9.94 Å². The molecule has 0 unspecified atom stereocenters. The zero-order chi connectivity index (χ0) is 11.1. The van der Waals surface area contributed by atoms with Crippen LogP contribution in [0.3, 0.4) is 0 Å². The number of hydrogen-bond donors (Lipinski definition) is 0. The topological polar surface area (TPSA) is 60.0 Å². The molecule has 1 aromatic rings. The third-order valence-electron chi connectivity index (χ3n) is 2.03. The monoisotopic (exact) mass is 206 g/mol. The number of hydrogen-bond acceptors (Lipinski definition) is 3. The molecule has 1 aromatic heterocycles. The zero-order valence-corrected chi connectivity index (χ0v) is 8.77. The maximum absolute atomic E-state index is 11.2. The Balaban J connectivity index is 2.61. The van der Waals surface area contributed by atoms with Gasteiger partial charge >= 0.3 is 5.69 Å². The first kappa shape index (κ1) is 11.3. The van der Waals surface area contributed by atoms with E-state index in [0.717, 1.165) is 19.3 Å². The third kappa shape index (κ3) is 3.13. The summed E-state index contributed by atoms with van der Waals surface area (Å²) in [6.07, 6.45) is 4.43. The first-order chi connectivity index (χ1) is 7.29. The van der Waals surface area contributed by atoms with Gasteiger partial charge in [-0.05, 0) is 12.5 Å². The molecule has 0 bridgehead atoms. The number of ether oxygens (including phenoxy) is 1. The molecule has 4 heteroatoms. The van der Waals surface area contributed by atoms with Gasteiger partial charge in [-0.3, -0.25) is 0 Å². The summed E-state index contributed by atoms with van der Waals surface area (Å²) >= 11 is 0. The highest BCUT2D eigenvalue weighted by molar-refractivity contribution is 5.32. The van der Waals surface area contributed by atoms with E-state index in [1.165, 1.54) is 6.20 Å². The molecule has 0 fully saturated rings. The number of nitriles is 1. The van der Waals surface area contributed by atoms with Crippen LogP contribution in [0.15, 0.2) is 18.3 Å². The quantitative estimate of drug-likeness (QED) is 0.419. The largest absolute Gasteiger partial charge is 0.618 e. The maximum Gasteiger partial charge on any atom is 0.336 e. The molecule has 0 saturated heterocycles. The number of pyridine rings is 1. The van der Waals surface area contributed by atoms with Crippen LogP contribution in [0, 0.1) is 16.5 Å². The summed E-state index contributed by atoms with van der Waals surface area (Å²) in [4.78, 5) is 0. The van der Waals surface area contributed by atoms with Crippen molar-refractivity contribution in [1.82, 2.24) is 0 Å². The van der Waals surface area contributed by atoms with Gasteiger partial charge in [-0.1, -0.05) is 19.8 Å². The Morgan fingerprint density at radius 1 is 1.53 bits per heavy atom. The highest BCUT2D eigenvalue weighted by Gasteiger charge is 2.11. The normalized spacial score (nSPS) is 9.60. The molecule has 15 heavy (non-hydrogen) atoms. The van der Waals surface area contributed by atoms with E-state index < -0.39 is 0 Å². The van der Waals surface area contributed by atoms with Gasteiger partial charge in [0.25, 0.3) is 0 Å². The summed E-state index contributed by atoms with van der Waals surface area (Å²) < 4.78 is 5.89. The minimum atomic E-state index is 0.0222. The van der Waals surface area contributed by atoms with Gasteiger partial charge in [0, 0.05) is 6.07 Å². The van der Waals surface area contributed by atoms with E-state index in [4.69, 9.17) is 10.00 Å². The van der Waals surface area contributed by atoms with E-state index in [1.54, 1.807) is 12.1 Å². The predicted molar refractivity (Wildman–Crippen MR) is 55.1 cm³/mol. The summed E-state index contributed by atoms with van der Waals surface area (Å²) in [7, 11) is 0. The van der Waals surface area contributed by atoms with Gasteiger partial charge in [0.1, 0.15) is 0 Å². The van der Waals surface area contributed by atoms with Crippen molar-refractivity contribution < 1.29 is 9.47 Å². The molecule has 0 N–H and O–H groups in total. The Morgan fingerprint density at radius 3 is 3.00 bits per heavy atom. The van der Waals surface area contributed by atoms with Gasteiger partial charge in [0.05, 0.1) is 6.61 Å². The number of aromatic nitrogens is 1. The molecule has 0 aromatic carbocycles. The Hall–Kier alpha value is -1.76. The molecular formula is C11H14N2O2. The van der Waals surface area contributed by atoms with Crippen LogP contribution in [0.25, 0.3) is 0 Å². The lowest BCUT2D eigenvalue weighted by molar-refractivity contribution is -0.608. The Morgan fingerprint density at radius 2 is 2.33 bits per heavy atom. The average molecular weight is 206 g/mol. The van der Waals surface area contributed by atoms with Crippen molar-refractivity contribution >= 4 is 0 Å². The molecule has 0 aliphatic rings. The van der Waals surface area contributed by atoms with Crippen LogP contribution >= 0.6 is 0 Å². The van der Waals surface area contributed by atoms with Crippen LogP contribution in [0.5, 0.6) is 5.75 Å². The summed E-state index contributed by atoms with van der Waals surface area (Å²) in [5.74, 6) is 0.367. The third-order valence-corrected chi connectivity index (χ3v) is 2.03. The van der Waals surface area contributed by atoms with E-state index in [9.17, 15) is 5.21 Å². The van der Waals surface area contributed by atoms with Gasteiger partial charge in [0.2, 0.25) is 5.75 Å². The highest BCUT2D eigenvalue weighted by atomic mass is 16.5. The van der Waals surface area contributed by atoms with E-state index in [2.05, 4.69) is 6.92 Å². The molecule has 0 amide bonds. The summed E-state index contributed by atoms with van der Waals surface area (Å²) in [5.41, 5.74) is 0.0222. The first-order valence-electron chi connectivity index (χ1n) is 5.04. The molecular weight excluding hydrogens is 192 g/mol. The molecule has 0 radical (unpaired) electrons. The van der Waals surface area contributed by atoms with E-state index >= 15 is 0 Å². The van der Waals surface area contributed by atoms with Crippen LogP contribution in [0.2, 0.25) is 0 Å². The molecule has 0 saturated carbocycles. The second kappa shape index (κ2) is 5.86. The second-order valence-corrected chi connectivity index (χ2v) is 3.21. The molecule has 1 heterocycles. The minimum Gasteiger partial charge on any atom is -0.618 e. The maximum atomic E-state index is 11.2. The lowest BCUT2D eigenvalue weighted by atomic mass is 10.3. The van der Waals surface area contributed by atoms with Crippen LogP contribution < -0.4 is 9.47 Å². The minimum absolute atomic E-state index is 0.0222. The van der Waals surface area contributed by atoms with Crippen molar-refractivity contribution in [3.63, 3.8) is 0 Å². The van der Waals surface area contributed by atoms with E-state index in [1.807, 2.05) is 6.07 Å². The number of nitrogens with zero attached hydrogens (tertiary/aromatic N) is 2. The van der Waals surface area contributed by atoms with E-state index in [-0.39, 0.29) is 5.69 Å². The molecule has 1 rings (SSSR count). The van der Waals surface area contributed by atoms with E-state index in [0.29, 0.717) is 17.1 Å². The van der Waals surface area contributed by atoms with Crippen molar-refractivity contribution in [3.05, 3.63) is 29.2 Å². The summed E-state index contributed by atoms with van der Waals surface area (Å²) in [6, 6.07) is 5.04. The first-order valence-corrected chi connectivity index (χ1v) is 5.04. The molecule has 0 atom stereocenters. The van der Waals surface area contributed by atoms with Gasteiger partial charge in [-0.25, -0.2) is 0 Å². The molecule has 0 spiro atoms. The van der Waals surface area contributed by atoms with Crippen LogP contribution in [-0.2, 0) is 0 Å². The van der Waals surface area contributed by atoms with Crippen LogP contribution in [0.4, 0.5) is 0 Å². The van der Waals surface area contributed by atoms with Gasteiger partial charge in [-0.15, -0.1) is 0 Å². The molecule has 4 nitrogen and oxygen atoms in total. The smallest absolute Gasteiger partial charge is 0.336 e. The second-order valence-electron chi connectivity index (χ2n) is 3.21. The Bertz CT molecular complexity index is 358. The van der Waals surface area contributed by atoms with Crippen molar-refractivity contribution in [3.8, 4) is 11.8 Å². The van der Waals surface area contributed by atoms with Crippen molar-refractivity contribution in [2.45, 2.75) is 26.2 Å². The molecule has 0 aliphatic heterocycles. The fourth-order valence-corrected chi connectivity index (χ4v) is 1.23. The number of rotatable bonds is 5. The van der Waals surface area contributed by atoms with Crippen LogP contribution in [-0.4, -0.2) is 6.61 Å². The molecule has 80 valence electrons. The van der Waals surface area contributed by atoms with Crippen molar-refractivity contribution in [2.24, 2.45) is 0 Å². The lowest BCUT2D eigenvalue weighted by Crippen LogP contribution is -2.30. The Kier molecular flexibility index (Phi) is 4.42. The molecule has 0 aliphatic carbocycles. The predicted octanol–water partition coefficient (Wildman–Crippen LogP) is 1.76.